The number of nitrogens with one attached hydrogen (secondary N) is 1. The summed E-state index contributed by atoms with van der Waals surface area (Å²) in [5, 5.41) is 10.6. The second-order valence-electron chi connectivity index (χ2n) is 5.70. The molecule has 1 amide bonds. The summed E-state index contributed by atoms with van der Waals surface area (Å²) < 4.78 is 53.6. The maximum absolute atomic E-state index is 13.6. The first-order chi connectivity index (χ1) is 13.5. The molecule has 0 spiro atoms. The third-order valence-corrected chi connectivity index (χ3v) is 3.81. The minimum Gasteiger partial charge on any atom is -0.480 e. The highest BCUT2D eigenvalue weighted by atomic mass is 19.4. The Hall–Kier alpha value is -3.70. The summed E-state index contributed by atoms with van der Waals surface area (Å²) in [4.78, 5) is 39.0. The van der Waals surface area contributed by atoms with Gasteiger partial charge in [-0.15, -0.1) is 0 Å². The van der Waals surface area contributed by atoms with Crippen LogP contribution in [0.1, 0.15) is 15.9 Å². The molecule has 0 fully saturated rings. The van der Waals surface area contributed by atoms with Gasteiger partial charge in [-0.3, -0.25) is 14.4 Å². The molecule has 2 rings (SSSR count). The number of aliphatic carboxylic acids is 1. The van der Waals surface area contributed by atoms with E-state index < -0.39 is 47.0 Å². The third kappa shape index (κ3) is 4.59. The lowest BCUT2D eigenvalue weighted by molar-refractivity contribution is -0.140. The van der Waals surface area contributed by atoms with Crippen LogP contribution in [0.15, 0.2) is 34.1 Å². The molecule has 0 saturated heterocycles. The van der Waals surface area contributed by atoms with Crippen molar-refractivity contribution in [3.8, 4) is 11.3 Å². The van der Waals surface area contributed by atoms with Gasteiger partial charge in [0, 0.05) is 13.1 Å². The Morgan fingerprint density at radius 3 is 2.52 bits per heavy atom. The number of aromatic nitrogens is 1. The first-order valence-corrected chi connectivity index (χ1v) is 7.82. The maximum Gasteiger partial charge on any atom is 0.419 e. The summed E-state index contributed by atoms with van der Waals surface area (Å²) in [5.41, 5.74) is 1.93. The Kier molecular flexibility index (Phi) is 6.05. The van der Waals surface area contributed by atoms with Gasteiger partial charge in [-0.2, -0.15) is 13.2 Å². The van der Waals surface area contributed by atoms with Gasteiger partial charge in [0.25, 0.3) is 5.91 Å². The zero-order valence-electron chi connectivity index (χ0n) is 14.7. The number of aliphatic imine (C=N–C) groups is 1. The molecule has 2 aromatic rings. The third-order valence-electron chi connectivity index (χ3n) is 3.81. The molecule has 0 aliphatic carbocycles. The summed E-state index contributed by atoms with van der Waals surface area (Å²) >= 11 is 0. The van der Waals surface area contributed by atoms with Crippen molar-refractivity contribution in [3.05, 3.63) is 51.4 Å². The lowest BCUT2D eigenvalue weighted by Crippen LogP contribution is -2.33. The molecule has 0 bridgehead atoms. The lowest BCUT2D eigenvalue weighted by Gasteiger charge is -2.16. The number of hydrogen-bond donors (Lipinski definition) is 3. The topological polar surface area (TPSA) is 127 Å². The average Bonchev–Trinajstić information content (AvgIpc) is 2.62. The highest BCUT2D eigenvalue weighted by molar-refractivity contribution is 6.00. The van der Waals surface area contributed by atoms with E-state index in [0.717, 1.165) is 23.0 Å². The molecular formula is C17H14F4N4O4. The fourth-order valence-electron chi connectivity index (χ4n) is 2.54. The van der Waals surface area contributed by atoms with Crippen LogP contribution in [-0.2, 0) is 18.0 Å². The molecule has 12 heteroatoms. The van der Waals surface area contributed by atoms with Gasteiger partial charge in [-0.05, 0) is 23.8 Å². The van der Waals surface area contributed by atoms with Crippen LogP contribution in [0.4, 0.5) is 23.4 Å². The number of pyridine rings is 1. The minimum atomic E-state index is -4.96. The predicted molar refractivity (Wildman–Crippen MR) is 94.4 cm³/mol. The van der Waals surface area contributed by atoms with Crippen molar-refractivity contribution in [2.75, 3.05) is 6.54 Å². The largest absolute Gasteiger partial charge is 0.480 e. The van der Waals surface area contributed by atoms with Gasteiger partial charge in [0.2, 0.25) is 0 Å². The van der Waals surface area contributed by atoms with Crippen molar-refractivity contribution in [2.45, 2.75) is 6.18 Å². The van der Waals surface area contributed by atoms with E-state index in [-0.39, 0.29) is 17.1 Å². The zero-order valence-corrected chi connectivity index (χ0v) is 14.7. The van der Waals surface area contributed by atoms with Crippen LogP contribution in [0.25, 0.3) is 11.3 Å². The van der Waals surface area contributed by atoms with Gasteiger partial charge in [0.05, 0.1) is 17.6 Å². The van der Waals surface area contributed by atoms with Gasteiger partial charge < -0.3 is 20.7 Å². The summed E-state index contributed by atoms with van der Waals surface area (Å²) in [6.45, 7) is -0.775. The van der Waals surface area contributed by atoms with Gasteiger partial charge in [-0.1, -0.05) is 0 Å². The monoisotopic (exact) mass is 414 g/mol. The van der Waals surface area contributed by atoms with Crippen LogP contribution in [0.3, 0.4) is 0 Å². The van der Waals surface area contributed by atoms with E-state index in [0.29, 0.717) is 12.1 Å². The SMILES string of the molecule is Cn1c(-c2ccc(F)c(C(F)(F)F)c2)cc(=O)c(C(=O)NCC(=O)O)c1N=CN. The number of rotatable bonds is 5. The number of halogens is 4. The van der Waals surface area contributed by atoms with E-state index in [9.17, 15) is 31.9 Å². The van der Waals surface area contributed by atoms with Gasteiger partial charge in [-0.25, -0.2) is 9.38 Å². The van der Waals surface area contributed by atoms with E-state index in [4.69, 9.17) is 10.8 Å². The summed E-state index contributed by atoms with van der Waals surface area (Å²) in [6.07, 6.45) is -4.22. The molecule has 1 aromatic heterocycles. The molecule has 0 atom stereocenters. The smallest absolute Gasteiger partial charge is 0.419 e. The molecule has 1 heterocycles. The van der Waals surface area contributed by atoms with Crippen LogP contribution in [0.5, 0.6) is 0 Å². The Morgan fingerprint density at radius 2 is 1.97 bits per heavy atom. The number of carbonyl (C=O) groups excluding carboxylic acids is 1. The number of carboxylic acid groups (broad SMARTS) is 1. The number of amides is 1. The number of benzene rings is 1. The van der Waals surface area contributed by atoms with Crippen LogP contribution < -0.4 is 16.5 Å². The van der Waals surface area contributed by atoms with Crippen molar-refractivity contribution in [1.29, 1.82) is 0 Å². The maximum atomic E-state index is 13.6. The molecule has 0 saturated carbocycles. The summed E-state index contributed by atoms with van der Waals surface area (Å²) in [7, 11) is 1.29. The average molecular weight is 414 g/mol. The molecule has 0 unspecified atom stereocenters. The molecule has 8 nitrogen and oxygen atoms in total. The van der Waals surface area contributed by atoms with Crippen molar-refractivity contribution in [2.24, 2.45) is 17.8 Å². The standard InChI is InChI=1S/C17H14F4N4O4/c1-25-11(8-2-3-10(18)9(4-8)17(19,20)21)5-12(26)14(15(25)24-7-22)16(29)23-6-13(27)28/h2-5,7H,6H2,1H3,(H2,22,24)(H,23,29)(H,27,28). The van der Waals surface area contributed by atoms with Crippen molar-refractivity contribution < 1.29 is 32.3 Å². The van der Waals surface area contributed by atoms with Crippen LogP contribution in [0.2, 0.25) is 0 Å². The second-order valence-corrected chi connectivity index (χ2v) is 5.70. The predicted octanol–water partition coefficient (Wildman–Crippen LogP) is 1.64. The number of alkyl halides is 3. The Labute approximate surface area is 160 Å². The molecule has 0 aliphatic heterocycles. The highest BCUT2D eigenvalue weighted by Crippen LogP contribution is 2.34. The summed E-state index contributed by atoms with van der Waals surface area (Å²) in [5.74, 6) is -4.23. The van der Waals surface area contributed by atoms with Crippen molar-refractivity contribution in [3.63, 3.8) is 0 Å². The minimum absolute atomic E-state index is 0.101. The lowest BCUT2D eigenvalue weighted by atomic mass is 10.0. The normalized spacial score (nSPS) is 11.6. The molecule has 4 N–H and O–H groups in total. The number of carbonyl (C=O) groups is 2. The molecule has 29 heavy (non-hydrogen) atoms. The Bertz CT molecular complexity index is 1060. The van der Waals surface area contributed by atoms with Crippen LogP contribution in [0, 0.1) is 5.82 Å². The summed E-state index contributed by atoms with van der Waals surface area (Å²) in [6, 6.07) is 3.00. The van der Waals surface area contributed by atoms with E-state index >= 15 is 0 Å². The zero-order chi connectivity index (χ0) is 21.9. The van der Waals surface area contributed by atoms with Gasteiger partial charge in [0.15, 0.2) is 11.2 Å². The van der Waals surface area contributed by atoms with Crippen LogP contribution >= 0.6 is 0 Å². The fraction of sp³-hybridized carbons (Fsp3) is 0.176. The van der Waals surface area contributed by atoms with Crippen molar-refractivity contribution in [1.82, 2.24) is 9.88 Å². The number of nitrogens with zero attached hydrogens (tertiary/aromatic N) is 2. The Balaban J connectivity index is 2.70. The van der Waals surface area contributed by atoms with Gasteiger partial charge in [0.1, 0.15) is 17.9 Å². The van der Waals surface area contributed by atoms with Gasteiger partial charge >= 0.3 is 12.1 Å². The first-order valence-electron chi connectivity index (χ1n) is 7.82. The van der Waals surface area contributed by atoms with Crippen molar-refractivity contribution >= 4 is 24.0 Å². The van der Waals surface area contributed by atoms with E-state index in [2.05, 4.69) is 4.99 Å². The molecular weight excluding hydrogens is 400 g/mol. The van der Waals surface area contributed by atoms with E-state index in [1.54, 1.807) is 0 Å². The highest BCUT2D eigenvalue weighted by Gasteiger charge is 2.34. The quantitative estimate of drug-likeness (QED) is 0.390. The van der Waals surface area contributed by atoms with Crippen LogP contribution in [-0.4, -0.2) is 34.4 Å². The second kappa shape index (κ2) is 8.12. The molecule has 0 aliphatic rings. The molecule has 1 aromatic carbocycles. The molecule has 0 radical (unpaired) electrons. The fourth-order valence-corrected chi connectivity index (χ4v) is 2.54. The van der Waals surface area contributed by atoms with E-state index in [1.807, 2.05) is 5.32 Å². The number of hydrogen-bond acceptors (Lipinski definition) is 4. The Morgan fingerprint density at radius 1 is 1.31 bits per heavy atom. The molecule has 154 valence electrons. The van der Waals surface area contributed by atoms with E-state index in [1.165, 1.54) is 7.05 Å². The first kappa shape index (κ1) is 21.6. The number of nitrogens with two attached hydrogens (primary N) is 1. The number of carboxylic acids is 1.